The minimum absolute atomic E-state index is 0.122. The Bertz CT molecular complexity index is 930. The molecular formula is C22H34N4O6. The Kier molecular flexibility index (Phi) is 6.15. The number of allylic oxidation sites excluding steroid dienone is 2. The van der Waals surface area contributed by atoms with Gasteiger partial charge in [-0.1, -0.05) is 0 Å². The van der Waals surface area contributed by atoms with Crippen LogP contribution in [0, 0.1) is 0 Å². The highest BCUT2D eigenvalue weighted by atomic mass is 16.6. The molecule has 0 aromatic rings. The molecule has 0 bridgehead atoms. The predicted molar refractivity (Wildman–Crippen MR) is 118 cm³/mol. The topological polar surface area (TPSA) is 155 Å². The summed E-state index contributed by atoms with van der Waals surface area (Å²) >= 11 is 0. The molecule has 32 heavy (non-hydrogen) atoms. The zero-order valence-electron chi connectivity index (χ0n) is 20.2. The van der Waals surface area contributed by atoms with Gasteiger partial charge in [-0.3, -0.25) is 5.73 Å². The molecule has 10 heteroatoms. The Morgan fingerprint density at radius 2 is 1.28 bits per heavy atom. The molecule has 0 saturated carbocycles. The standard InChI is InChI=1S/C22H34N4O6/c1-18(2,3)30-15(27)12-10-11-13-14(21(12,23)16(28)31-19(4,5)6)26-22(24,25-13)17(29)32-20(7,8)9/h10-11,25H,23-24H2,1-9H3. The zero-order valence-corrected chi connectivity index (χ0v) is 20.2. The smallest absolute Gasteiger partial charge is 0.371 e. The highest BCUT2D eigenvalue weighted by Crippen LogP contribution is 2.34. The Balaban J connectivity index is 2.60. The summed E-state index contributed by atoms with van der Waals surface area (Å²) in [5, 5.41) is 2.75. The van der Waals surface area contributed by atoms with Crippen LogP contribution >= 0.6 is 0 Å². The lowest BCUT2D eigenvalue weighted by molar-refractivity contribution is -0.162. The number of aliphatic imine (C=N–C) groups is 1. The summed E-state index contributed by atoms with van der Waals surface area (Å²) in [4.78, 5) is 43.2. The zero-order chi connectivity index (χ0) is 24.9. The molecule has 1 aliphatic carbocycles. The Labute approximate surface area is 188 Å². The molecule has 1 heterocycles. The second kappa shape index (κ2) is 7.70. The van der Waals surface area contributed by atoms with Crippen molar-refractivity contribution in [1.82, 2.24) is 5.32 Å². The molecule has 2 rings (SSSR count). The molecule has 2 atom stereocenters. The van der Waals surface area contributed by atoms with Crippen molar-refractivity contribution in [2.75, 3.05) is 0 Å². The number of nitrogens with one attached hydrogen (secondary N) is 1. The fraction of sp³-hybridized carbons (Fsp3) is 0.636. The first kappa shape index (κ1) is 25.5. The van der Waals surface area contributed by atoms with Gasteiger partial charge in [-0.15, -0.1) is 0 Å². The van der Waals surface area contributed by atoms with E-state index in [0.29, 0.717) is 0 Å². The van der Waals surface area contributed by atoms with Crippen molar-refractivity contribution >= 4 is 23.6 Å². The molecule has 0 saturated heterocycles. The second-order valence-electron chi connectivity index (χ2n) is 10.8. The van der Waals surface area contributed by atoms with E-state index in [1.54, 1.807) is 62.3 Å². The van der Waals surface area contributed by atoms with Gasteiger partial charge >= 0.3 is 17.9 Å². The van der Waals surface area contributed by atoms with Crippen LogP contribution in [0.1, 0.15) is 62.3 Å². The number of esters is 3. The van der Waals surface area contributed by atoms with Gasteiger partial charge in [0.1, 0.15) is 16.8 Å². The van der Waals surface area contributed by atoms with Gasteiger partial charge in [0.25, 0.3) is 5.79 Å². The molecule has 0 aromatic heterocycles. The largest absolute Gasteiger partial charge is 0.458 e. The minimum Gasteiger partial charge on any atom is -0.458 e. The van der Waals surface area contributed by atoms with Gasteiger partial charge < -0.3 is 25.3 Å². The van der Waals surface area contributed by atoms with Crippen molar-refractivity contribution in [2.45, 2.75) is 90.4 Å². The molecular weight excluding hydrogens is 416 g/mol. The molecule has 0 aromatic carbocycles. The van der Waals surface area contributed by atoms with Crippen molar-refractivity contribution in [3.8, 4) is 0 Å². The van der Waals surface area contributed by atoms with Gasteiger partial charge in [0.2, 0.25) is 0 Å². The predicted octanol–water partition coefficient (Wildman–Crippen LogP) is 1.19. The maximum absolute atomic E-state index is 13.3. The van der Waals surface area contributed by atoms with Crippen LogP contribution in [0.25, 0.3) is 0 Å². The van der Waals surface area contributed by atoms with E-state index in [1.165, 1.54) is 12.2 Å². The summed E-state index contributed by atoms with van der Waals surface area (Å²) in [6.45, 7) is 15.1. The first-order valence-electron chi connectivity index (χ1n) is 10.3. The number of ether oxygens (including phenoxy) is 3. The van der Waals surface area contributed by atoms with Crippen LogP contribution in [0.5, 0.6) is 0 Å². The van der Waals surface area contributed by atoms with Crippen LogP contribution in [0.3, 0.4) is 0 Å². The lowest BCUT2D eigenvalue weighted by atomic mass is 9.80. The van der Waals surface area contributed by atoms with Crippen LogP contribution in [-0.4, -0.2) is 51.7 Å². The summed E-state index contributed by atoms with van der Waals surface area (Å²) < 4.78 is 16.3. The van der Waals surface area contributed by atoms with Gasteiger partial charge in [0, 0.05) is 0 Å². The minimum atomic E-state index is -2.17. The van der Waals surface area contributed by atoms with Gasteiger partial charge in [0.05, 0.1) is 17.0 Å². The summed E-state index contributed by atoms with van der Waals surface area (Å²) in [7, 11) is 0. The third-order valence-electron chi connectivity index (χ3n) is 4.13. The third-order valence-corrected chi connectivity index (χ3v) is 4.13. The van der Waals surface area contributed by atoms with Gasteiger partial charge in [-0.2, -0.15) is 0 Å². The maximum Gasteiger partial charge on any atom is 0.371 e. The van der Waals surface area contributed by atoms with Crippen molar-refractivity contribution in [3.05, 3.63) is 23.4 Å². The average molecular weight is 451 g/mol. The summed E-state index contributed by atoms with van der Waals surface area (Å²) in [6.07, 6.45) is 2.78. The summed E-state index contributed by atoms with van der Waals surface area (Å²) in [5.74, 6) is -4.69. The van der Waals surface area contributed by atoms with Crippen LogP contribution in [-0.2, 0) is 28.6 Å². The molecule has 0 fully saturated rings. The van der Waals surface area contributed by atoms with Gasteiger partial charge in [-0.25, -0.2) is 19.4 Å². The first-order chi connectivity index (χ1) is 14.2. The molecule has 0 radical (unpaired) electrons. The number of rotatable bonds is 3. The molecule has 2 aliphatic rings. The fourth-order valence-electron chi connectivity index (χ4n) is 2.96. The van der Waals surface area contributed by atoms with Crippen molar-refractivity contribution in [1.29, 1.82) is 0 Å². The van der Waals surface area contributed by atoms with E-state index in [0.717, 1.165) is 0 Å². The van der Waals surface area contributed by atoms with E-state index in [1.807, 2.05) is 0 Å². The Morgan fingerprint density at radius 3 is 1.75 bits per heavy atom. The quantitative estimate of drug-likeness (QED) is 0.424. The van der Waals surface area contributed by atoms with Crippen LogP contribution in [0.15, 0.2) is 28.4 Å². The average Bonchev–Trinajstić information content (AvgIpc) is 2.89. The van der Waals surface area contributed by atoms with Gasteiger partial charge in [0.15, 0.2) is 5.54 Å². The Hall–Kier alpha value is -2.72. The van der Waals surface area contributed by atoms with E-state index >= 15 is 0 Å². The SMILES string of the molecule is CC(C)(C)OC(=O)C1=CC=C2NC(N)(C(=O)OC(C)(C)C)N=C2C1(N)C(=O)OC(C)(C)C. The number of fused-ring (bicyclic) bond motifs is 1. The number of hydrogen-bond donors (Lipinski definition) is 3. The molecule has 5 N–H and O–H groups in total. The summed E-state index contributed by atoms with van der Waals surface area (Å²) in [5.41, 5.74) is 7.83. The first-order valence-corrected chi connectivity index (χ1v) is 10.3. The molecule has 0 spiro atoms. The van der Waals surface area contributed by atoms with Crippen molar-refractivity contribution in [3.63, 3.8) is 0 Å². The van der Waals surface area contributed by atoms with E-state index in [2.05, 4.69) is 10.3 Å². The van der Waals surface area contributed by atoms with Gasteiger partial charge in [-0.05, 0) is 74.5 Å². The number of carbonyl (C=O) groups is 3. The monoisotopic (exact) mass is 450 g/mol. The molecule has 10 nitrogen and oxygen atoms in total. The number of hydrogen-bond acceptors (Lipinski definition) is 10. The highest BCUT2D eigenvalue weighted by Gasteiger charge is 2.57. The Morgan fingerprint density at radius 1 is 0.812 bits per heavy atom. The van der Waals surface area contributed by atoms with E-state index in [-0.39, 0.29) is 17.0 Å². The third kappa shape index (κ3) is 5.36. The highest BCUT2D eigenvalue weighted by molar-refractivity contribution is 6.28. The van der Waals surface area contributed by atoms with Crippen LogP contribution in [0.4, 0.5) is 0 Å². The second-order valence-corrected chi connectivity index (χ2v) is 10.8. The molecule has 0 amide bonds. The van der Waals surface area contributed by atoms with Crippen LogP contribution in [0.2, 0.25) is 0 Å². The number of carbonyl (C=O) groups excluding carboxylic acids is 3. The summed E-state index contributed by atoms with van der Waals surface area (Å²) in [6, 6.07) is 0. The maximum atomic E-state index is 13.3. The van der Waals surface area contributed by atoms with E-state index in [9.17, 15) is 14.4 Å². The normalized spacial score (nSPS) is 25.5. The van der Waals surface area contributed by atoms with Crippen LogP contribution < -0.4 is 16.8 Å². The fourth-order valence-corrected chi connectivity index (χ4v) is 2.96. The molecule has 178 valence electrons. The van der Waals surface area contributed by atoms with Crippen molar-refractivity contribution in [2.24, 2.45) is 16.5 Å². The lowest BCUT2D eigenvalue weighted by Gasteiger charge is -2.35. The van der Waals surface area contributed by atoms with Crippen molar-refractivity contribution < 1.29 is 28.6 Å². The van der Waals surface area contributed by atoms with E-state index < -0.39 is 46.0 Å². The molecule has 1 aliphatic heterocycles. The number of nitrogens with zero attached hydrogens (tertiary/aromatic N) is 1. The van der Waals surface area contributed by atoms with E-state index in [4.69, 9.17) is 25.7 Å². The number of nitrogens with two attached hydrogens (primary N) is 2. The molecule has 2 unspecified atom stereocenters. The lowest BCUT2D eigenvalue weighted by Crippen LogP contribution is -2.61.